The van der Waals surface area contributed by atoms with E-state index in [-0.39, 0.29) is 10.8 Å². The van der Waals surface area contributed by atoms with Gasteiger partial charge in [-0.15, -0.1) is 0 Å². The Morgan fingerprint density at radius 1 is 0.709 bits per heavy atom. The SMILES string of the molecule is CCC1(F)COB(n2c(-c3ccc(C(C)(C)C)cc3)cc(-c3ccc(C(C)(C)C)cc3)c2/C(C)=C2\N=C(c3ccc(C)cc3)c3ccccc32)OCC1(F)F. The van der Waals surface area contributed by atoms with E-state index in [4.69, 9.17) is 14.3 Å². The average molecular weight is 743 g/mol. The third-order valence-corrected chi connectivity index (χ3v) is 11.1. The number of fused-ring (bicyclic) bond motifs is 1. The predicted octanol–water partition coefficient (Wildman–Crippen LogP) is 12.1. The van der Waals surface area contributed by atoms with Crippen molar-refractivity contribution in [2.45, 2.75) is 91.2 Å². The Kier molecular flexibility index (Phi) is 9.92. The van der Waals surface area contributed by atoms with Crippen molar-refractivity contribution < 1.29 is 22.5 Å². The van der Waals surface area contributed by atoms with Gasteiger partial charge in [0, 0.05) is 33.6 Å². The maximum absolute atomic E-state index is 15.9. The molecular formula is C47H50BF3N2O2. The maximum Gasteiger partial charge on any atom is 0.598 e. The summed E-state index contributed by atoms with van der Waals surface area (Å²) in [7, 11) is -1.36. The molecule has 8 heteroatoms. The number of aliphatic imine (C=N–C) groups is 1. The summed E-state index contributed by atoms with van der Waals surface area (Å²) in [6.45, 7) is 16.5. The molecule has 0 radical (unpaired) electrons. The fraction of sp³-hybridized carbons (Fsp3) is 0.340. The highest BCUT2D eigenvalue weighted by molar-refractivity contribution is 6.44. The molecule has 1 atom stereocenters. The number of halogens is 3. The molecule has 2 aliphatic rings. The van der Waals surface area contributed by atoms with Gasteiger partial charge in [-0.05, 0) is 65.0 Å². The molecule has 4 nitrogen and oxygen atoms in total. The molecule has 5 aromatic rings. The van der Waals surface area contributed by atoms with Crippen molar-refractivity contribution in [2.75, 3.05) is 13.2 Å². The molecule has 0 spiro atoms. The predicted molar refractivity (Wildman–Crippen MR) is 221 cm³/mol. The molecule has 2 aliphatic heterocycles. The van der Waals surface area contributed by atoms with Crippen LogP contribution >= 0.6 is 0 Å². The van der Waals surface area contributed by atoms with Gasteiger partial charge in [0.25, 0.3) is 0 Å². The number of aromatic nitrogens is 1. The Morgan fingerprint density at radius 3 is 1.80 bits per heavy atom. The van der Waals surface area contributed by atoms with E-state index in [0.29, 0.717) is 11.4 Å². The number of allylic oxidation sites excluding steroid dienone is 1. The fourth-order valence-electron chi connectivity index (χ4n) is 7.49. The van der Waals surface area contributed by atoms with Crippen LogP contribution in [0.2, 0.25) is 0 Å². The molecule has 1 aromatic heterocycles. The van der Waals surface area contributed by atoms with Crippen LogP contribution in [-0.4, -0.2) is 42.2 Å². The molecule has 0 amide bonds. The van der Waals surface area contributed by atoms with Crippen LogP contribution in [0.25, 0.3) is 33.7 Å². The number of rotatable bonds is 6. The highest BCUT2D eigenvalue weighted by atomic mass is 19.3. The first-order valence-corrected chi connectivity index (χ1v) is 19.2. The summed E-state index contributed by atoms with van der Waals surface area (Å²) < 4.78 is 60.8. The van der Waals surface area contributed by atoms with Crippen LogP contribution in [0.5, 0.6) is 0 Å². The molecule has 3 heterocycles. The Hall–Kier alpha value is -4.66. The molecular weight excluding hydrogens is 692 g/mol. The minimum Gasteiger partial charge on any atom is -0.388 e. The zero-order valence-corrected chi connectivity index (χ0v) is 33.4. The van der Waals surface area contributed by atoms with Crippen LogP contribution < -0.4 is 0 Å². The van der Waals surface area contributed by atoms with E-state index in [1.54, 1.807) is 0 Å². The molecule has 1 saturated heterocycles. The topological polar surface area (TPSA) is 35.8 Å². The zero-order valence-electron chi connectivity index (χ0n) is 33.4. The van der Waals surface area contributed by atoms with Crippen LogP contribution in [0.4, 0.5) is 13.2 Å². The monoisotopic (exact) mass is 742 g/mol. The van der Waals surface area contributed by atoms with Crippen molar-refractivity contribution in [3.8, 4) is 22.4 Å². The second-order valence-electron chi connectivity index (χ2n) is 17.1. The molecule has 0 aliphatic carbocycles. The third-order valence-electron chi connectivity index (χ3n) is 11.1. The number of aryl methyl sites for hydroxylation is 1. The second-order valence-corrected chi connectivity index (χ2v) is 17.1. The molecule has 0 saturated carbocycles. The third kappa shape index (κ3) is 7.15. The second kappa shape index (κ2) is 14.1. The highest BCUT2D eigenvalue weighted by Crippen LogP contribution is 2.45. The standard InChI is InChI=1S/C47H50BF3N2O2/c1-10-46(49)28-54-48(55-29-47(46,50)51)53-40(33-21-25-36(26-22-33)45(7,8)9)27-39(32-19-23-35(24-20-32)44(4,5)6)43(53)31(3)41-37-13-11-12-14-38(37)42(52-41)34-17-15-30(2)16-18-34/h11-27H,10,28-29H2,1-9H3/b41-31-. The Labute approximate surface area is 324 Å². The summed E-state index contributed by atoms with van der Waals surface area (Å²) in [4.78, 5) is 5.32. The van der Waals surface area contributed by atoms with Crippen LogP contribution in [0.15, 0.2) is 108 Å². The van der Waals surface area contributed by atoms with E-state index in [1.807, 2.05) is 35.7 Å². The Bertz CT molecular complexity index is 2280. The lowest BCUT2D eigenvalue weighted by Gasteiger charge is -2.29. The number of alkyl halides is 3. The van der Waals surface area contributed by atoms with E-state index in [9.17, 15) is 0 Å². The average Bonchev–Trinajstić information content (AvgIpc) is 3.71. The largest absolute Gasteiger partial charge is 0.598 e. The van der Waals surface area contributed by atoms with Crippen molar-refractivity contribution in [3.05, 3.63) is 142 Å². The smallest absolute Gasteiger partial charge is 0.388 e. The Balaban J connectivity index is 1.53. The van der Waals surface area contributed by atoms with Crippen LogP contribution in [-0.2, 0) is 20.1 Å². The van der Waals surface area contributed by atoms with Gasteiger partial charge in [-0.3, -0.25) is 0 Å². The molecule has 4 aromatic carbocycles. The van der Waals surface area contributed by atoms with Gasteiger partial charge in [0.2, 0.25) is 0 Å². The first kappa shape index (κ1) is 38.6. The van der Waals surface area contributed by atoms with Gasteiger partial charge in [0.15, 0.2) is 5.67 Å². The number of benzene rings is 4. The first-order chi connectivity index (χ1) is 25.9. The van der Waals surface area contributed by atoms with Gasteiger partial charge in [0.05, 0.1) is 18.0 Å². The van der Waals surface area contributed by atoms with Gasteiger partial charge in [0.1, 0.15) is 6.61 Å². The lowest BCUT2D eigenvalue weighted by atomic mass is 9.86. The van der Waals surface area contributed by atoms with E-state index in [0.717, 1.165) is 61.5 Å². The van der Waals surface area contributed by atoms with Gasteiger partial charge in [-0.25, -0.2) is 18.2 Å². The summed E-state index contributed by atoms with van der Waals surface area (Å²) >= 11 is 0. The summed E-state index contributed by atoms with van der Waals surface area (Å²) in [6, 6.07) is 35.3. The van der Waals surface area contributed by atoms with E-state index >= 15 is 13.2 Å². The van der Waals surface area contributed by atoms with Crippen molar-refractivity contribution in [2.24, 2.45) is 4.99 Å². The summed E-state index contributed by atoms with van der Waals surface area (Å²) in [5, 5.41) is 0. The quantitative estimate of drug-likeness (QED) is 0.162. The van der Waals surface area contributed by atoms with Crippen LogP contribution in [0.3, 0.4) is 0 Å². The minimum absolute atomic E-state index is 0.0643. The number of hydrogen-bond acceptors (Lipinski definition) is 3. The van der Waals surface area contributed by atoms with Gasteiger partial charge < -0.3 is 13.8 Å². The van der Waals surface area contributed by atoms with Crippen molar-refractivity contribution in [3.63, 3.8) is 0 Å². The molecule has 1 fully saturated rings. The summed E-state index contributed by atoms with van der Waals surface area (Å²) in [5.41, 5.74) is 9.78. The molecule has 55 heavy (non-hydrogen) atoms. The van der Waals surface area contributed by atoms with Gasteiger partial charge >= 0.3 is 13.2 Å². The molecule has 7 rings (SSSR count). The van der Waals surface area contributed by atoms with Crippen molar-refractivity contribution in [1.29, 1.82) is 0 Å². The Morgan fingerprint density at radius 2 is 1.24 bits per heavy atom. The van der Waals surface area contributed by atoms with E-state index in [2.05, 4.69) is 127 Å². The highest BCUT2D eigenvalue weighted by Gasteiger charge is 2.57. The lowest BCUT2D eigenvalue weighted by molar-refractivity contribution is -0.159. The van der Waals surface area contributed by atoms with Crippen LogP contribution in [0, 0.1) is 6.92 Å². The number of hydrogen-bond donors (Lipinski definition) is 0. The van der Waals surface area contributed by atoms with Crippen LogP contribution in [0.1, 0.15) is 101 Å². The maximum atomic E-state index is 15.9. The summed E-state index contributed by atoms with van der Waals surface area (Å²) in [6.07, 6.45) is -0.419. The van der Waals surface area contributed by atoms with Crippen molar-refractivity contribution >= 4 is 24.2 Å². The van der Waals surface area contributed by atoms with Gasteiger partial charge in [-0.2, -0.15) is 0 Å². The van der Waals surface area contributed by atoms with E-state index in [1.165, 1.54) is 12.5 Å². The first-order valence-electron chi connectivity index (χ1n) is 19.2. The molecule has 1 unspecified atom stereocenters. The molecule has 0 N–H and O–H groups in total. The number of nitrogens with zero attached hydrogens (tertiary/aromatic N) is 2. The normalized spacial score (nSPS) is 19.6. The molecule has 0 bridgehead atoms. The zero-order chi connectivity index (χ0) is 39.5. The lowest BCUT2D eigenvalue weighted by Crippen LogP contribution is -2.48. The van der Waals surface area contributed by atoms with E-state index < -0.39 is 38.5 Å². The minimum atomic E-state index is -3.75. The summed E-state index contributed by atoms with van der Waals surface area (Å²) in [5.74, 6) is -3.75. The molecule has 284 valence electrons. The van der Waals surface area contributed by atoms with Gasteiger partial charge in [-0.1, -0.05) is 151 Å². The fourth-order valence-corrected chi connectivity index (χ4v) is 7.49. The van der Waals surface area contributed by atoms with Crippen molar-refractivity contribution in [1.82, 2.24) is 4.48 Å².